The molecule has 0 saturated carbocycles. The highest BCUT2D eigenvalue weighted by Crippen LogP contribution is 2.36. The second-order valence-electron chi connectivity index (χ2n) is 6.93. The van der Waals surface area contributed by atoms with E-state index in [0.29, 0.717) is 26.9 Å². The van der Waals surface area contributed by atoms with Gasteiger partial charge in [0.05, 0.1) is 11.1 Å². The van der Waals surface area contributed by atoms with Crippen molar-refractivity contribution in [2.45, 2.75) is 26.7 Å². The molecule has 5 nitrogen and oxygen atoms in total. The van der Waals surface area contributed by atoms with Crippen LogP contribution in [0.25, 0.3) is 11.1 Å². The quantitative estimate of drug-likeness (QED) is 0.300. The van der Waals surface area contributed by atoms with E-state index in [1.165, 1.54) is 16.9 Å². The maximum Gasteiger partial charge on any atom is 0.341 e. The smallest absolute Gasteiger partial charge is 0.341 e. The normalized spacial score (nSPS) is 10.6. The molecule has 0 aliphatic carbocycles. The molecule has 3 aromatic rings. The molecule has 0 spiro atoms. The van der Waals surface area contributed by atoms with Gasteiger partial charge in [-0.05, 0) is 64.7 Å². The van der Waals surface area contributed by atoms with Crippen LogP contribution in [0.2, 0.25) is 5.02 Å². The predicted molar refractivity (Wildman–Crippen MR) is 133 cm³/mol. The average Bonchev–Trinajstić information content (AvgIpc) is 3.17. The van der Waals surface area contributed by atoms with Crippen molar-refractivity contribution in [2.75, 3.05) is 18.5 Å². The van der Waals surface area contributed by atoms with Crippen molar-refractivity contribution in [1.29, 1.82) is 0 Å². The van der Waals surface area contributed by atoms with E-state index in [9.17, 15) is 9.59 Å². The highest BCUT2D eigenvalue weighted by Gasteiger charge is 2.23. The number of nitrogens with one attached hydrogen (secondary N) is 1. The van der Waals surface area contributed by atoms with Gasteiger partial charge in [-0.15, -0.1) is 11.3 Å². The molecule has 32 heavy (non-hydrogen) atoms. The number of rotatable bonds is 9. The third-order valence-electron chi connectivity index (χ3n) is 4.57. The molecule has 0 aliphatic rings. The zero-order chi connectivity index (χ0) is 23.1. The van der Waals surface area contributed by atoms with Gasteiger partial charge in [-0.25, -0.2) is 4.79 Å². The van der Waals surface area contributed by atoms with Gasteiger partial charge in [0, 0.05) is 16.0 Å². The molecule has 0 fully saturated rings. The lowest BCUT2D eigenvalue weighted by atomic mass is 10.0. The van der Waals surface area contributed by atoms with Crippen LogP contribution in [0, 0.1) is 0 Å². The number of halogens is 2. The maximum absolute atomic E-state index is 12.6. The Bertz CT molecular complexity index is 1100. The van der Waals surface area contributed by atoms with Crippen molar-refractivity contribution in [3.8, 4) is 16.9 Å². The van der Waals surface area contributed by atoms with Crippen LogP contribution in [0.1, 0.15) is 36.2 Å². The molecule has 0 atom stereocenters. The Hall–Kier alpha value is -2.35. The minimum Gasteiger partial charge on any atom is -0.483 e. The summed E-state index contributed by atoms with van der Waals surface area (Å²) in [6.07, 6.45) is 2.03. The molecule has 1 N–H and O–H groups in total. The summed E-state index contributed by atoms with van der Waals surface area (Å²) in [6.45, 7) is 3.90. The summed E-state index contributed by atoms with van der Waals surface area (Å²) >= 11 is 10.7. The Morgan fingerprint density at radius 1 is 1.12 bits per heavy atom. The van der Waals surface area contributed by atoms with Crippen molar-refractivity contribution in [3.63, 3.8) is 0 Å². The van der Waals surface area contributed by atoms with E-state index in [0.717, 1.165) is 22.9 Å². The van der Waals surface area contributed by atoms with Crippen LogP contribution in [-0.2, 0) is 16.0 Å². The molecule has 0 saturated heterocycles. The summed E-state index contributed by atoms with van der Waals surface area (Å²) in [5.41, 5.74) is 3.00. The molecule has 1 heterocycles. The van der Waals surface area contributed by atoms with Crippen LogP contribution in [0.5, 0.6) is 5.75 Å². The Labute approximate surface area is 204 Å². The monoisotopic (exact) mass is 535 g/mol. The standard InChI is InChI=1S/C24H23BrClNO4S/c1-3-5-15-6-11-20(19(25)12-15)31-13-21(28)27-23-22(24(29)30-4-2)18(14-32-23)16-7-9-17(26)10-8-16/h6-12,14H,3-5,13H2,1-2H3,(H,27,28). The van der Waals surface area contributed by atoms with Gasteiger partial charge in [-0.2, -0.15) is 0 Å². The van der Waals surface area contributed by atoms with Crippen molar-refractivity contribution in [1.82, 2.24) is 0 Å². The van der Waals surface area contributed by atoms with E-state index < -0.39 is 5.97 Å². The highest BCUT2D eigenvalue weighted by molar-refractivity contribution is 9.10. The number of carbonyl (C=O) groups is 2. The number of esters is 1. The lowest BCUT2D eigenvalue weighted by molar-refractivity contribution is -0.118. The van der Waals surface area contributed by atoms with Crippen LogP contribution in [0.15, 0.2) is 52.3 Å². The third kappa shape index (κ3) is 6.12. The minimum atomic E-state index is -0.496. The number of amides is 1. The summed E-state index contributed by atoms with van der Waals surface area (Å²) in [7, 11) is 0. The zero-order valence-electron chi connectivity index (χ0n) is 17.7. The number of ether oxygens (including phenoxy) is 2. The summed E-state index contributed by atoms with van der Waals surface area (Å²) in [5.74, 6) is -0.285. The summed E-state index contributed by atoms with van der Waals surface area (Å²) < 4.78 is 11.7. The van der Waals surface area contributed by atoms with Crippen LogP contribution >= 0.6 is 38.9 Å². The lowest BCUT2D eigenvalue weighted by Gasteiger charge is -2.11. The number of hydrogen-bond donors (Lipinski definition) is 1. The Morgan fingerprint density at radius 3 is 2.53 bits per heavy atom. The Morgan fingerprint density at radius 2 is 1.88 bits per heavy atom. The average molecular weight is 537 g/mol. The fourth-order valence-electron chi connectivity index (χ4n) is 3.11. The van der Waals surface area contributed by atoms with E-state index in [1.807, 2.05) is 35.7 Å². The second-order valence-corrected chi connectivity index (χ2v) is 9.10. The van der Waals surface area contributed by atoms with E-state index in [2.05, 4.69) is 28.2 Å². The maximum atomic E-state index is 12.6. The summed E-state index contributed by atoms with van der Waals surface area (Å²) in [6, 6.07) is 13.0. The third-order valence-corrected chi connectivity index (χ3v) is 6.34. The van der Waals surface area contributed by atoms with Crippen molar-refractivity contribution in [3.05, 3.63) is 68.5 Å². The lowest BCUT2D eigenvalue weighted by Crippen LogP contribution is -2.21. The fourth-order valence-corrected chi connectivity index (χ4v) is 4.75. The molecular weight excluding hydrogens is 514 g/mol. The first-order chi connectivity index (χ1) is 15.4. The summed E-state index contributed by atoms with van der Waals surface area (Å²) in [4.78, 5) is 25.2. The van der Waals surface area contributed by atoms with Crippen LogP contribution in [-0.4, -0.2) is 25.1 Å². The van der Waals surface area contributed by atoms with Crippen molar-refractivity contribution >= 4 is 55.7 Å². The molecular formula is C24H23BrClNO4S. The fraction of sp³-hybridized carbons (Fsp3) is 0.250. The number of carbonyl (C=O) groups excluding carboxylic acids is 2. The van der Waals surface area contributed by atoms with Crippen LogP contribution in [0.4, 0.5) is 5.00 Å². The molecule has 0 bridgehead atoms. The largest absolute Gasteiger partial charge is 0.483 e. The van der Waals surface area contributed by atoms with Crippen LogP contribution in [0.3, 0.4) is 0 Å². The second kappa shape index (κ2) is 11.5. The van der Waals surface area contributed by atoms with Gasteiger partial charge in [0.1, 0.15) is 16.3 Å². The van der Waals surface area contributed by atoms with Gasteiger partial charge in [-0.1, -0.05) is 43.1 Å². The van der Waals surface area contributed by atoms with Gasteiger partial charge < -0.3 is 14.8 Å². The molecule has 0 radical (unpaired) electrons. The van der Waals surface area contributed by atoms with Crippen molar-refractivity contribution < 1.29 is 19.1 Å². The van der Waals surface area contributed by atoms with Gasteiger partial charge in [0.15, 0.2) is 6.61 Å². The minimum absolute atomic E-state index is 0.192. The molecule has 1 aromatic heterocycles. The molecule has 2 aromatic carbocycles. The Kier molecular flexibility index (Phi) is 8.73. The zero-order valence-corrected chi connectivity index (χ0v) is 20.9. The summed E-state index contributed by atoms with van der Waals surface area (Å²) in [5, 5.41) is 5.61. The molecule has 168 valence electrons. The topological polar surface area (TPSA) is 64.6 Å². The van der Waals surface area contributed by atoms with Crippen molar-refractivity contribution in [2.24, 2.45) is 0 Å². The SMILES string of the molecule is CCCc1ccc(OCC(=O)Nc2scc(-c3ccc(Cl)cc3)c2C(=O)OCC)c(Br)c1. The molecule has 0 aliphatic heterocycles. The van der Waals surface area contributed by atoms with Gasteiger partial charge >= 0.3 is 5.97 Å². The predicted octanol–water partition coefficient (Wildman–Crippen LogP) is 6.98. The van der Waals surface area contributed by atoms with E-state index >= 15 is 0 Å². The van der Waals surface area contributed by atoms with Gasteiger partial charge in [0.2, 0.25) is 0 Å². The van der Waals surface area contributed by atoms with Gasteiger partial charge in [0.25, 0.3) is 5.91 Å². The number of anilines is 1. The molecule has 3 rings (SSSR count). The van der Waals surface area contributed by atoms with E-state index in [-0.39, 0.29) is 19.1 Å². The number of aryl methyl sites for hydroxylation is 1. The van der Waals surface area contributed by atoms with Gasteiger partial charge in [-0.3, -0.25) is 4.79 Å². The highest BCUT2D eigenvalue weighted by atomic mass is 79.9. The van der Waals surface area contributed by atoms with Crippen LogP contribution < -0.4 is 10.1 Å². The first kappa shape index (κ1) is 24.3. The molecule has 0 unspecified atom stereocenters. The number of thiophene rings is 1. The van der Waals surface area contributed by atoms with E-state index in [1.54, 1.807) is 19.1 Å². The van der Waals surface area contributed by atoms with E-state index in [4.69, 9.17) is 21.1 Å². The molecule has 8 heteroatoms. The Balaban J connectivity index is 1.75. The number of benzene rings is 2. The first-order valence-electron chi connectivity index (χ1n) is 10.2. The molecule has 1 amide bonds. The first-order valence-corrected chi connectivity index (χ1v) is 12.2. The number of hydrogen-bond acceptors (Lipinski definition) is 5.